The number of aryl methyl sites for hydroxylation is 1. The Morgan fingerprint density at radius 2 is 1.59 bits per heavy atom. The van der Waals surface area contributed by atoms with Crippen LogP contribution >= 0.6 is 11.3 Å². The van der Waals surface area contributed by atoms with E-state index in [2.05, 4.69) is 13.0 Å². The maximum atomic E-state index is 13.5. The standard InChI is InChI=1S/C27H32N2O4S/c1-5-12-28(27(31)22-14-23(32-3)16-24(15-22)33-4)19-26(30)29(17-21-9-7-6-8-10-21)18-25-20(2)11-13-34-25/h6-11,13-16H,5,12,17-19H2,1-4H3. The molecule has 7 heteroatoms. The molecule has 0 aliphatic heterocycles. The van der Waals surface area contributed by atoms with Gasteiger partial charge in [-0.05, 0) is 48.1 Å². The van der Waals surface area contributed by atoms with Crippen LogP contribution in [-0.2, 0) is 17.9 Å². The lowest BCUT2D eigenvalue weighted by Gasteiger charge is -2.28. The molecule has 0 atom stereocenters. The minimum absolute atomic E-state index is 0.00343. The number of carbonyl (C=O) groups excluding carboxylic acids is 2. The summed E-state index contributed by atoms with van der Waals surface area (Å²) in [6, 6.07) is 17.1. The molecule has 0 saturated heterocycles. The Morgan fingerprint density at radius 1 is 0.912 bits per heavy atom. The molecule has 0 aliphatic carbocycles. The Morgan fingerprint density at radius 3 is 2.15 bits per heavy atom. The van der Waals surface area contributed by atoms with Crippen molar-refractivity contribution < 1.29 is 19.1 Å². The number of thiophene rings is 1. The molecule has 34 heavy (non-hydrogen) atoms. The summed E-state index contributed by atoms with van der Waals surface area (Å²) in [5.41, 5.74) is 2.65. The van der Waals surface area contributed by atoms with Crippen LogP contribution in [0.3, 0.4) is 0 Å². The number of rotatable bonds is 11. The average molecular weight is 481 g/mol. The van der Waals surface area contributed by atoms with E-state index in [0.717, 1.165) is 16.9 Å². The molecule has 3 aromatic rings. The monoisotopic (exact) mass is 480 g/mol. The molecule has 1 aromatic heterocycles. The lowest BCUT2D eigenvalue weighted by atomic mass is 10.1. The first-order valence-corrected chi connectivity index (χ1v) is 12.2. The largest absolute Gasteiger partial charge is 0.497 e. The summed E-state index contributed by atoms with van der Waals surface area (Å²) in [4.78, 5) is 31.5. The highest BCUT2D eigenvalue weighted by Crippen LogP contribution is 2.24. The van der Waals surface area contributed by atoms with Crippen molar-refractivity contribution >= 4 is 23.2 Å². The highest BCUT2D eigenvalue weighted by Gasteiger charge is 2.24. The van der Waals surface area contributed by atoms with Crippen LogP contribution in [0.5, 0.6) is 11.5 Å². The minimum Gasteiger partial charge on any atom is -0.497 e. The number of nitrogens with zero attached hydrogens (tertiary/aromatic N) is 2. The van der Waals surface area contributed by atoms with Crippen LogP contribution in [-0.4, -0.2) is 48.9 Å². The van der Waals surface area contributed by atoms with Crippen molar-refractivity contribution in [2.45, 2.75) is 33.4 Å². The molecule has 1 heterocycles. The van der Waals surface area contributed by atoms with Gasteiger partial charge in [0.15, 0.2) is 0 Å². The number of ether oxygens (including phenoxy) is 2. The Kier molecular flexibility index (Phi) is 9.10. The molecule has 0 aliphatic rings. The third kappa shape index (κ3) is 6.60. The van der Waals surface area contributed by atoms with E-state index in [1.165, 1.54) is 5.56 Å². The predicted molar refractivity (Wildman–Crippen MR) is 135 cm³/mol. The van der Waals surface area contributed by atoms with Crippen molar-refractivity contribution in [2.24, 2.45) is 0 Å². The summed E-state index contributed by atoms with van der Waals surface area (Å²) in [6.07, 6.45) is 0.739. The quantitative estimate of drug-likeness (QED) is 0.381. The lowest BCUT2D eigenvalue weighted by Crippen LogP contribution is -2.42. The Hall–Kier alpha value is -3.32. The lowest BCUT2D eigenvalue weighted by molar-refractivity contribution is -0.133. The van der Waals surface area contributed by atoms with Crippen LogP contribution in [0.25, 0.3) is 0 Å². The van der Waals surface area contributed by atoms with Crippen LogP contribution in [0.4, 0.5) is 0 Å². The summed E-state index contributed by atoms with van der Waals surface area (Å²) in [6.45, 7) is 5.52. The third-order valence-electron chi connectivity index (χ3n) is 5.58. The fraction of sp³-hybridized carbons (Fsp3) is 0.333. The van der Waals surface area contributed by atoms with Gasteiger partial charge in [-0.1, -0.05) is 37.3 Å². The second-order valence-electron chi connectivity index (χ2n) is 8.09. The molecule has 2 aromatic carbocycles. The number of carbonyl (C=O) groups is 2. The molecule has 0 saturated carbocycles. The first-order valence-electron chi connectivity index (χ1n) is 11.3. The van der Waals surface area contributed by atoms with Crippen LogP contribution in [0, 0.1) is 6.92 Å². The highest BCUT2D eigenvalue weighted by molar-refractivity contribution is 7.10. The Balaban J connectivity index is 1.84. The van der Waals surface area contributed by atoms with Crippen LogP contribution < -0.4 is 9.47 Å². The van der Waals surface area contributed by atoms with Gasteiger partial charge in [0, 0.05) is 29.6 Å². The molecule has 0 fully saturated rings. The van der Waals surface area contributed by atoms with Gasteiger partial charge in [0.25, 0.3) is 5.91 Å². The van der Waals surface area contributed by atoms with Crippen LogP contribution in [0.2, 0.25) is 0 Å². The van der Waals surface area contributed by atoms with Crippen molar-refractivity contribution in [2.75, 3.05) is 27.3 Å². The summed E-state index contributed by atoms with van der Waals surface area (Å²) < 4.78 is 10.6. The molecule has 180 valence electrons. The van der Waals surface area contributed by atoms with Gasteiger partial charge in [-0.2, -0.15) is 0 Å². The zero-order chi connectivity index (χ0) is 24.5. The van der Waals surface area contributed by atoms with E-state index in [9.17, 15) is 9.59 Å². The van der Waals surface area contributed by atoms with E-state index in [1.54, 1.807) is 48.7 Å². The van der Waals surface area contributed by atoms with Gasteiger partial charge in [0.2, 0.25) is 5.91 Å². The molecule has 0 radical (unpaired) electrons. The molecule has 3 rings (SSSR count). The van der Waals surface area contributed by atoms with E-state index in [4.69, 9.17) is 9.47 Å². The van der Waals surface area contributed by atoms with Gasteiger partial charge >= 0.3 is 0 Å². The van der Waals surface area contributed by atoms with Crippen molar-refractivity contribution in [1.29, 1.82) is 0 Å². The van der Waals surface area contributed by atoms with Crippen LogP contribution in [0.1, 0.15) is 39.7 Å². The molecule has 0 bridgehead atoms. The summed E-state index contributed by atoms with van der Waals surface area (Å²) in [5.74, 6) is 0.751. The zero-order valence-corrected chi connectivity index (χ0v) is 21.1. The highest BCUT2D eigenvalue weighted by atomic mass is 32.1. The van der Waals surface area contributed by atoms with Gasteiger partial charge in [0.1, 0.15) is 18.0 Å². The van der Waals surface area contributed by atoms with E-state index in [-0.39, 0.29) is 18.4 Å². The molecule has 6 nitrogen and oxygen atoms in total. The van der Waals surface area contributed by atoms with Gasteiger partial charge < -0.3 is 19.3 Å². The fourth-order valence-electron chi connectivity index (χ4n) is 3.67. The van der Waals surface area contributed by atoms with Crippen molar-refractivity contribution in [3.63, 3.8) is 0 Å². The average Bonchev–Trinajstić information content (AvgIpc) is 3.27. The zero-order valence-electron chi connectivity index (χ0n) is 20.2. The Bertz CT molecular complexity index is 1070. The van der Waals surface area contributed by atoms with Gasteiger partial charge in [-0.3, -0.25) is 9.59 Å². The van der Waals surface area contributed by atoms with Crippen molar-refractivity contribution in [3.05, 3.63) is 81.5 Å². The number of hydrogen-bond donors (Lipinski definition) is 0. The topological polar surface area (TPSA) is 59.1 Å². The van der Waals surface area contributed by atoms with Crippen LogP contribution in [0.15, 0.2) is 60.0 Å². The fourth-order valence-corrected chi connectivity index (χ4v) is 4.60. The number of hydrogen-bond acceptors (Lipinski definition) is 5. The maximum absolute atomic E-state index is 13.5. The normalized spacial score (nSPS) is 10.6. The van der Waals surface area contributed by atoms with Crippen molar-refractivity contribution in [3.8, 4) is 11.5 Å². The molecular formula is C27H32N2O4S. The second kappa shape index (κ2) is 12.2. The smallest absolute Gasteiger partial charge is 0.254 e. The second-order valence-corrected chi connectivity index (χ2v) is 9.09. The molecule has 0 unspecified atom stereocenters. The molecular weight excluding hydrogens is 448 g/mol. The Labute approximate surface area is 205 Å². The molecule has 2 amide bonds. The summed E-state index contributed by atoms with van der Waals surface area (Å²) >= 11 is 1.64. The van der Waals surface area contributed by atoms with E-state index in [1.807, 2.05) is 47.5 Å². The van der Waals surface area contributed by atoms with E-state index < -0.39 is 0 Å². The van der Waals surface area contributed by atoms with Crippen molar-refractivity contribution in [1.82, 2.24) is 9.80 Å². The summed E-state index contributed by atoms with van der Waals surface area (Å²) in [7, 11) is 3.09. The number of amides is 2. The first kappa shape index (κ1) is 25.3. The van der Waals surface area contributed by atoms with Gasteiger partial charge in [0.05, 0.1) is 20.8 Å². The maximum Gasteiger partial charge on any atom is 0.254 e. The molecule has 0 spiro atoms. The summed E-state index contributed by atoms with van der Waals surface area (Å²) in [5, 5.41) is 2.04. The predicted octanol–water partition coefficient (Wildman–Crippen LogP) is 5.15. The minimum atomic E-state index is -0.223. The first-order chi connectivity index (χ1) is 16.4. The van der Waals surface area contributed by atoms with Gasteiger partial charge in [-0.25, -0.2) is 0 Å². The third-order valence-corrected chi connectivity index (χ3v) is 6.58. The molecule has 0 N–H and O–H groups in total. The SMILES string of the molecule is CCCN(CC(=O)N(Cc1ccccc1)Cc1sccc1C)C(=O)c1cc(OC)cc(OC)c1. The number of methoxy groups -OCH3 is 2. The number of benzene rings is 2. The van der Waals surface area contributed by atoms with E-state index in [0.29, 0.717) is 36.7 Å². The van der Waals surface area contributed by atoms with E-state index >= 15 is 0 Å². The van der Waals surface area contributed by atoms with Gasteiger partial charge in [-0.15, -0.1) is 11.3 Å².